The topological polar surface area (TPSA) is 54.2 Å². The number of aromatic nitrogens is 2. The van der Waals surface area contributed by atoms with Crippen molar-refractivity contribution in [2.45, 2.75) is 19.5 Å². The Hall–Kier alpha value is -1.23. The van der Waals surface area contributed by atoms with Gasteiger partial charge in [-0.2, -0.15) is 8.78 Å². The number of imidazole rings is 1. The van der Waals surface area contributed by atoms with E-state index in [2.05, 4.69) is 26.7 Å². The van der Waals surface area contributed by atoms with Gasteiger partial charge in [-0.05, 0) is 17.9 Å². The molecular weight excluding hydrogens is 423 g/mol. The Morgan fingerprint density at radius 1 is 1.45 bits per heavy atom. The van der Waals surface area contributed by atoms with E-state index in [1.54, 1.807) is 18.4 Å². The minimum absolute atomic E-state index is 0. The Morgan fingerprint density at radius 3 is 2.91 bits per heavy atom. The number of guanidine groups is 1. The summed E-state index contributed by atoms with van der Waals surface area (Å²) in [6.45, 7) is -1.67. The average molecular weight is 441 g/mol. The molecule has 0 radical (unpaired) electrons. The van der Waals surface area contributed by atoms with Gasteiger partial charge in [0.05, 0.1) is 6.54 Å². The molecule has 0 aliphatic carbocycles. The van der Waals surface area contributed by atoms with Crippen LogP contribution in [0.3, 0.4) is 0 Å². The summed E-state index contributed by atoms with van der Waals surface area (Å²) in [7, 11) is 1.64. The monoisotopic (exact) mass is 441 g/mol. The van der Waals surface area contributed by atoms with Crippen LogP contribution >= 0.6 is 35.3 Å². The van der Waals surface area contributed by atoms with Crippen LogP contribution in [-0.2, 0) is 13.0 Å². The first-order valence-corrected chi connectivity index (χ1v) is 7.35. The highest BCUT2D eigenvalue weighted by Gasteiger charge is 2.11. The van der Waals surface area contributed by atoms with Crippen LogP contribution in [0.25, 0.3) is 0 Å². The third-order valence-corrected chi connectivity index (χ3v) is 3.78. The molecule has 2 aromatic heterocycles. The molecule has 2 aromatic rings. The second-order valence-electron chi connectivity index (χ2n) is 4.21. The highest BCUT2D eigenvalue weighted by Crippen LogP contribution is 2.12. The van der Waals surface area contributed by atoms with Crippen molar-refractivity contribution in [3.8, 4) is 0 Å². The fourth-order valence-electron chi connectivity index (χ4n) is 1.80. The molecule has 0 aliphatic heterocycles. The molecule has 0 bridgehead atoms. The number of thiophene rings is 1. The van der Waals surface area contributed by atoms with E-state index in [4.69, 9.17) is 0 Å². The maximum atomic E-state index is 12.7. The van der Waals surface area contributed by atoms with Crippen LogP contribution in [0.15, 0.2) is 34.9 Å². The predicted molar refractivity (Wildman–Crippen MR) is 95.1 cm³/mol. The van der Waals surface area contributed by atoms with E-state index in [1.165, 1.54) is 17.3 Å². The summed E-state index contributed by atoms with van der Waals surface area (Å²) < 4.78 is 26.2. The van der Waals surface area contributed by atoms with Crippen molar-refractivity contribution in [3.63, 3.8) is 0 Å². The molecule has 0 fully saturated rings. The molecule has 0 atom stereocenters. The van der Waals surface area contributed by atoms with Crippen molar-refractivity contribution in [1.82, 2.24) is 20.2 Å². The predicted octanol–water partition coefficient (Wildman–Crippen LogP) is 2.87. The first-order valence-electron chi connectivity index (χ1n) is 6.47. The fourth-order valence-corrected chi connectivity index (χ4v) is 2.51. The van der Waals surface area contributed by atoms with Gasteiger partial charge in [0.1, 0.15) is 5.82 Å². The molecule has 0 spiro atoms. The van der Waals surface area contributed by atoms with E-state index in [1.807, 2.05) is 11.4 Å². The quantitative estimate of drug-likeness (QED) is 0.412. The lowest BCUT2D eigenvalue weighted by Gasteiger charge is -2.12. The van der Waals surface area contributed by atoms with E-state index in [-0.39, 0.29) is 36.3 Å². The van der Waals surface area contributed by atoms with Crippen LogP contribution < -0.4 is 10.6 Å². The highest BCUT2D eigenvalue weighted by atomic mass is 127. The molecular formula is C13H18F2IN5S. The Morgan fingerprint density at radius 2 is 2.27 bits per heavy atom. The standard InChI is InChI=1S/C13H17F2N5S.HI/c1-16-13(18-5-4-10-3-2-8-21-10)19-9-11-17-6-7-20(11)12(14)15;/h2-3,6-8,12H,4-5,9H2,1H3,(H2,16,18,19);1H. The van der Waals surface area contributed by atoms with E-state index < -0.39 is 6.55 Å². The Labute approximate surface area is 148 Å². The van der Waals surface area contributed by atoms with Crippen LogP contribution in [0, 0.1) is 0 Å². The van der Waals surface area contributed by atoms with Crippen molar-refractivity contribution in [2.75, 3.05) is 13.6 Å². The Balaban J connectivity index is 0.00000242. The molecule has 0 saturated carbocycles. The van der Waals surface area contributed by atoms with Crippen molar-refractivity contribution in [1.29, 1.82) is 0 Å². The van der Waals surface area contributed by atoms with Crippen LogP contribution in [0.5, 0.6) is 0 Å². The minimum Gasteiger partial charge on any atom is -0.356 e. The maximum Gasteiger partial charge on any atom is 0.319 e. The first kappa shape index (κ1) is 18.8. The fraction of sp³-hybridized carbons (Fsp3) is 0.385. The SMILES string of the molecule is CN=C(NCCc1cccs1)NCc1nccn1C(F)F.I. The highest BCUT2D eigenvalue weighted by molar-refractivity contribution is 14.0. The largest absolute Gasteiger partial charge is 0.356 e. The molecule has 0 amide bonds. The molecule has 0 aromatic carbocycles. The smallest absolute Gasteiger partial charge is 0.319 e. The summed E-state index contributed by atoms with van der Waals surface area (Å²) in [4.78, 5) is 9.24. The first-order chi connectivity index (χ1) is 10.2. The molecule has 5 nitrogen and oxygen atoms in total. The molecule has 2 N–H and O–H groups in total. The van der Waals surface area contributed by atoms with Gasteiger partial charge in [-0.15, -0.1) is 35.3 Å². The second kappa shape index (κ2) is 9.72. The van der Waals surface area contributed by atoms with E-state index in [0.29, 0.717) is 5.96 Å². The molecule has 0 unspecified atom stereocenters. The van der Waals surface area contributed by atoms with Gasteiger partial charge in [-0.25, -0.2) is 4.98 Å². The van der Waals surface area contributed by atoms with E-state index >= 15 is 0 Å². The van der Waals surface area contributed by atoms with Crippen LogP contribution in [-0.4, -0.2) is 29.1 Å². The average Bonchev–Trinajstić information content (AvgIpc) is 3.13. The van der Waals surface area contributed by atoms with Gasteiger partial charge in [0.15, 0.2) is 5.96 Å². The van der Waals surface area contributed by atoms with E-state index in [9.17, 15) is 8.78 Å². The summed E-state index contributed by atoms with van der Waals surface area (Å²) in [5.74, 6) is 0.835. The molecule has 9 heteroatoms. The van der Waals surface area contributed by atoms with Crippen LogP contribution in [0.2, 0.25) is 0 Å². The van der Waals surface area contributed by atoms with Crippen molar-refractivity contribution in [2.24, 2.45) is 4.99 Å². The summed E-state index contributed by atoms with van der Waals surface area (Å²) >= 11 is 1.70. The summed E-state index contributed by atoms with van der Waals surface area (Å²) in [5.41, 5.74) is 0. The lowest BCUT2D eigenvalue weighted by molar-refractivity contribution is 0.0668. The Kier molecular flexibility index (Phi) is 8.31. The molecule has 22 heavy (non-hydrogen) atoms. The zero-order valence-electron chi connectivity index (χ0n) is 12.0. The number of aliphatic imine (C=N–C) groups is 1. The minimum atomic E-state index is -2.59. The van der Waals surface area contributed by atoms with Gasteiger partial charge in [0, 0.05) is 30.9 Å². The molecule has 122 valence electrons. The van der Waals surface area contributed by atoms with Crippen LogP contribution in [0.1, 0.15) is 17.3 Å². The van der Waals surface area contributed by atoms with Gasteiger partial charge in [-0.3, -0.25) is 9.56 Å². The van der Waals surface area contributed by atoms with Crippen molar-refractivity contribution >= 4 is 41.3 Å². The van der Waals surface area contributed by atoms with Gasteiger partial charge in [0.2, 0.25) is 0 Å². The molecule has 2 rings (SSSR count). The second-order valence-corrected chi connectivity index (χ2v) is 5.24. The number of halogens is 3. The lowest BCUT2D eigenvalue weighted by atomic mass is 10.3. The molecule has 0 saturated heterocycles. The number of nitrogens with zero attached hydrogens (tertiary/aromatic N) is 3. The Bertz CT molecular complexity index is 571. The number of hydrogen-bond donors (Lipinski definition) is 2. The number of rotatable bonds is 6. The summed E-state index contributed by atoms with van der Waals surface area (Å²) in [6.07, 6.45) is 3.51. The zero-order chi connectivity index (χ0) is 15.1. The number of nitrogens with one attached hydrogen (secondary N) is 2. The summed E-state index contributed by atoms with van der Waals surface area (Å²) in [5, 5.41) is 8.15. The summed E-state index contributed by atoms with van der Waals surface area (Å²) in [6, 6.07) is 4.08. The van der Waals surface area contributed by atoms with Crippen molar-refractivity contribution in [3.05, 3.63) is 40.6 Å². The van der Waals surface area contributed by atoms with Gasteiger partial charge >= 0.3 is 6.55 Å². The maximum absolute atomic E-state index is 12.7. The third kappa shape index (κ3) is 5.52. The van der Waals surface area contributed by atoms with E-state index in [0.717, 1.165) is 17.5 Å². The normalized spacial score (nSPS) is 11.4. The molecule has 0 aliphatic rings. The number of hydrogen-bond acceptors (Lipinski definition) is 3. The van der Waals surface area contributed by atoms with Crippen LogP contribution in [0.4, 0.5) is 8.78 Å². The van der Waals surface area contributed by atoms with Crippen molar-refractivity contribution < 1.29 is 8.78 Å². The van der Waals surface area contributed by atoms with Gasteiger partial charge in [-0.1, -0.05) is 6.07 Å². The molecule has 2 heterocycles. The number of alkyl halides is 2. The van der Waals surface area contributed by atoms with Gasteiger partial charge < -0.3 is 10.6 Å². The van der Waals surface area contributed by atoms with Gasteiger partial charge in [0.25, 0.3) is 0 Å². The third-order valence-electron chi connectivity index (χ3n) is 2.84. The zero-order valence-corrected chi connectivity index (χ0v) is 15.1. The lowest BCUT2D eigenvalue weighted by Crippen LogP contribution is -2.38.